The lowest BCUT2D eigenvalue weighted by atomic mass is 9.81. The van der Waals surface area contributed by atoms with Gasteiger partial charge in [0.25, 0.3) is 0 Å². The summed E-state index contributed by atoms with van der Waals surface area (Å²) in [5.41, 5.74) is 1.19. The molecule has 6 heteroatoms. The highest BCUT2D eigenvalue weighted by Gasteiger charge is 2.47. The molecule has 0 radical (unpaired) electrons. The van der Waals surface area contributed by atoms with Gasteiger partial charge in [-0.15, -0.1) is 11.3 Å². The average molecular weight is 425 g/mol. The van der Waals surface area contributed by atoms with Crippen molar-refractivity contribution in [1.29, 1.82) is 0 Å². The van der Waals surface area contributed by atoms with E-state index in [0.717, 1.165) is 37.0 Å². The van der Waals surface area contributed by atoms with Gasteiger partial charge in [0.1, 0.15) is 0 Å². The largest absolute Gasteiger partial charge is 0.337 e. The van der Waals surface area contributed by atoms with Crippen LogP contribution in [-0.2, 0) is 27.3 Å². The van der Waals surface area contributed by atoms with Gasteiger partial charge in [0.2, 0.25) is 17.7 Å². The summed E-state index contributed by atoms with van der Waals surface area (Å²) in [6.07, 6.45) is 4.62. The molecule has 1 aliphatic carbocycles. The Labute approximate surface area is 181 Å². The Morgan fingerprint density at radius 3 is 2.33 bits per heavy atom. The van der Waals surface area contributed by atoms with Crippen LogP contribution in [0.15, 0.2) is 47.8 Å². The number of thiophene rings is 1. The smallest absolute Gasteiger partial charge is 0.233 e. The monoisotopic (exact) mass is 424 g/mol. The van der Waals surface area contributed by atoms with E-state index in [1.165, 1.54) is 10.5 Å². The van der Waals surface area contributed by atoms with Crippen molar-refractivity contribution in [2.45, 2.75) is 45.1 Å². The highest BCUT2D eigenvalue weighted by Crippen LogP contribution is 2.38. The number of benzene rings is 1. The van der Waals surface area contributed by atoms with Crippen molar-refractivity contribution in [3.8, 4) is 0 Å². The van der Waals surface area contributed by atoms with Gasteiger partial charge in [-0.1, -0.05) is 49.2 Å². The summed E-state index contributed by atoms with van der Waals surface area (Å²) >= 11 is 1.64. The van der Waals surface area contributed by atoms with Crippen molar-refractivity contribution in [3.05, 3.63) is 58.3 Å². The Bertz CT molecular complexity index is 857. The number of hydrogen-bond acceptors (Lipinski definition) is 4. The molecule has 2 atom stereocenters. The van der Waals surface area contributed by atoms with Crippen LogP contribution in [0, 0.1) is 11.8 Å². The molecule has 0 bridgehead atoms. The van der Waals surface area contributed by atoms with Gasteiger partial charge in [-0.2, -0.15) is 0 Å². The van der Waals surface area contributed by atoms with E-state index in [0.29, 0.717) is 13.1 Å². The third kappa shape index (κ3) is 4.64. The van der Waals surface area contributed by atoms with Crippen LogP contribution in [0.3, 0.4) is 0 Å². The lowest BCUT2D eigenvalue weighted by Gasteiger charge is -2.24. The Balaban J connectivity index is 1.38. The first-order valence-electron chi connectivity index (χ1n) is 10.8. The number of amides is 3. The third-order valence-corrected chi connectivity index (χ3v) is 7.14. The first-order chi connectivity index (χ1) is 14.6. The fourth-order valence-electron chi connectivity index (χ4n) is 4.61. The number of nitrogens with zero attached hydrogens (tertiary/aromatic N) is 2. The first-order valence-corrected chi connectivity index (χ1v) is 11.7. The number of carbonyl (C=O) groups excluding carboxylic acids is 3. The summed E-state index contributed by atoms with van der Waals surface area (Å²) in [5, 5.41) is 2.01. The third-order valence-electron chi connectivity index (χ3n) is 6.27. The average Bonchev–Trinajstić information content (AvgIpc) is 3.37. The molecule has 4 rings (SSSR count). The van der Waals surface area contributed by atoms with Gasteiger partial charge in [0, 0.05) is 24.4 Å². The molecular formula is C24H28N2O3S. The van der Waals surface area contributed by atoms with Crippen LogP contribution in [0.4, 0.5) is 0 Å². The molecule has 1 saturated heterocycles. The number of carbonyl (C=O) groups is 3. The second-order valence-corrected chi connectivity index (χ2v) is 9.24. The fourth-order valence-corrected chi connectivity index (χ4v) is 5.33. The van der Waals surface area contributed by atoms with Gasteiger partial charge in [-0.3, -0.25) is 19.3 Å². The fraction of sp³-hybridized carbons (Fsp3) is 0.458. The highest BCUT2D eigenvalue weighted by molar-refractivity contribution is 7.09. The van der Waals surface area contributed by atoms with Gasteiger partial charge in [0.15, 0.2) is 0 Å². The predicted octanol–water partition coefficient (Wildman–Crippen LogP) is 3.88. The minimum Gasteiger partial charge on any atom is -0.337 e. The van der Waals surface area contributed by atoms with Crippen molar-refractivity contribution in [2.75, 3.05) is 13.1 Å². The molecule has 2 aromatic rings. The summed E-state index contributed by atoms with van der Waals surface area (Å²) < 4.78 is 0. The van der Waals surface area contributed by atoms with E-state index >= 15 is 0 Å². The van der Waals surface area contributed by atoms with Crippen LogP contribution in [0.25, 0.3) is 0 Å². The Kier molecular flexibility index (Phi) is 6.62. The van der Waals surface area contributed by atoms with Crippen molar-refractivity contribution in [2.24, 2.45) is 11.8 Å². The molecule has 1 aliphatic heterocycles. The second-order valence-electron chi connectivity index (χ2n) is 8.21. The maximum Gasteiger partial charge on any atom is 0.233 e. The lowest BCUT2D eigenvalue weighted by Crippen LogP contribution is -2.38. The molecule has 0 spiro atoms. The molecule has 3 amide bonds. The van der Waals surface area contributed by atoms with E-state index in [1.807, 2.05) is 40.6 Å². The lowest BCUT2D eigenvalue weighted by molar-refractivity contribution is -0.141. The number of fused-ring (bicyclic) bond motifs is 1. The zero-order chi connectivity index (χ0) is 20.9. The van der Waals surface area contributed by atoms with E-state index in [-0.39, 0.29) is 42.5 Å². The number of imide groups is 1. The maximum atomic E-state index is 13.1. The number of likely N-dealkylation sites (tertiary alicyclic amines) is 1. The molecular weight excluding hydrogens is 396 g/mol. The zero-order valence-electron chi connectivity index (χ0n) is 17.2. The first kappa shape index (κ1) is 20.8. The van der Waals surface area contributed by atoms with Crippen LogP contribution in [0.5, 0.6) is 0 Å². The predicted molar refractivity (Wildman–Crippen MR) is 117 cm³/mol. The summed E-state index contributed by atoms with van der Waals surface area (Å²) in [6, 6.07) is 14.2. The minimum atomic E-state index is -0.151. The van der Waals surface area contributed by atoms with Crippen molar-refractivity contribution < 1.29 is 14.4 Å². The molecule has 2 aliphatic rings. The molecule has 2 heterocycles. The van der Waals surface area contributed by atoms with E-state index in [1.54, 1.807) is 11.3 Å². The molecule has 1 aromatic heterocycles. The summed E-state index contributed by atoms with van der Waals surface area (Å²) in [4.78, 5) is 42.8. The van der Waals surface area contributed by atoms with Crippen LogP contribution >= 0.6 is 11.3 Å². The topological polar surface area (TPSA) is 57.7 Å². The highest BCUT2D eigenvalue weighted by atomic mass is 32.1. The van der Waals surface area contributed by atoms with E-state index in [9.17, 15) is 14.4 Å². The molecule has 5 nitrogen and oxygen atoms in total. The molecule has 2 fully saturated rings. The quantitative estimate of drug-likeness (QED) is 0.604. The molecule has 0 N–H and O–H groups in total. The standard InChI is InChI=1S/C24H28N2O3S/c27-22(13-15-26-23(28)20-10-4-5-11-21(20)24(26)29)25(17-19-9-6-16-30-19)14-12-18-7-2-1-3-8-18/h1-3,6-9,16,20-21H,4-5,10-15,17H2/t20-,21-/m0/s1. The molecule has 1 saturated carbocycles. The van der Waals surface area contributed by atoms with Gasteiger partial charge < -0.3 is 4.90 Å². The van der Waals surface area contributed by atoms with Crippen LogP contribution in [0.2, 0.25) is 0 Å². The van der Waals surface area contributed by atoms with Gasteiger partial charge in [-0.05, 0) is 36.3 Å². The SMILES string of the molecule is O=C(CCN1C(=O)[C@H]2CCCC[C@@H]2C1=O)N(CCc1ccccc1)Cc1cccs1. The summed E-state index contributed by atoms with van der Waals surface area (Å²) in [6.45, 7) is 1.39. The molecule has 0 unspecified atom stereocenters. The van der Waals surface area contributed by atoms with Crippen LogP contribution in [0.1, 0.15) is 42.5 Å². The van der Waals surface area contributed by atoms with E-state index in [4.69, 9.17) is 0 Å². The molecule has 1 aromatic carbocycles. The Hall–Kier alpha value is -2.47. The van der Waals surface area contributed by atoms with Crippen molar-refractivity contribution in [3.63, 3.8) is 0 Å². The number of rotatable bonds is 8. The van der Waals surface area contributed by atoms with E-state index < -0.39 is 0 Å². The Morgan fingerprint density at radius 2 is 1.70 bits per heavy atom. The Morgan fingerprint density at radius 1 is 1.00 bits per heavy atom. The second kappa shape index (κ2) is 9.56. The molecule has 158 valence electrons. The van der Waals surface area contributed by atoms with Crippen LogP contribution in [-0.4, -0.2) is 40.6 Å². The molecule has 30 heavy (non-hydrogen) atoms. The van der Waals surface area contributed by atoms with Crippen molar-refractivity contribution in [1.82, 2.24) is 9.80 Å². The maximum absolute atomic E-state index is 13.1. The minimum absolute atomic E-state index is 0.00481. The number of hydrogen-bond donors (Lipinski definition) is 0. The van der Waals surface area contributed by atoms with Gasteiger partial charge in [-0.25, -0.2) is 0 Å². The van der Waals surface area contributed by atoms with E-state index in [2.05, 4.69) is 12.1 Å². The van der Waals surface area contributed by atoms with Gasteiger partial charge in [0.05, 0.1) is 18.4 Å². The zero-order valence-corrected chi connectivity index (χ0v) is 18.0. The summed E-state index contributed by atoms with van der Waals surface area (Å²) in [5.74, 6) is -0.434. The van der Waals surface area contributed by atoms with Gasteiger partial charge >= 0.3 is 0 Å². The van der Waals surface area contributed by atoms with Crippen molar-refractivity contribution >= 4 is 29.1 Å². The van der Waals surface area contributed by atoms with Crippen LogP contribution < -0.4 is 0 Å². The summed E-state index contributed by atoms with van der Waals surface area (Å²) in [7, 11) is 0. The normalized spacial score (nSPS) is 21.0.